The monoisotopic (exact) mass is 108 g/mol. The van der Waals surface area contributed by atoms with Crippen LogP contribution in [0.15, 0.2) is 24.3 Å². The molecule has 0 bridgehead atoms. The summed E-state index contributed by atoms with van der Waals surface area (Å²) in [7, 11) is 0. The van der Waals surface area contributed by atoms with Gasteiger partial charge in [-0.15, -0.1) is 0 Å². The first-order valence-corrected chi connectivity index (χ1v) is 1.73. The highest BCUT2D eigenvalue weighted by Gasteiger charge is 1.44. The summed E-state index contributed by atoms with van der Waals surface area (Å²) in [5.74, 6) is 0. The van der Waals surface area contributed by atoms with Crippen LogP contribution in [0.3, 0.4) is 0 Å². The van der Waals surface area contributed by atoms with Gasteiger partial charge in [0.25, 0.3) is 0 Å². The summed E-state index contributed by atoms with van der Waals surface area (Å²) in [4.78, 5) is 0. The van der Waals surface area contributed by atoms with Gasteiger partial charge in [0.15, 0.2) is 0 Å². The van der Waals surface area contributed by atoms with Crippen LogP contribution >= 0.6 is 11.6 Å². The fourth-order valence-corrected chi connectivity index (χ4v) is 0.154. The Bertz CT molecular complexity index is 49.5. The Kier molecular flexibility index (Phi) is 13.5. The number of hydrogen-bond donors (Lipinski definition) is 0. The summed E-state index contributed by atoms with van der Waals surface area (Å²) in [6.07, 6.45) is 3.27. The Morgan fingerprint density at radius 2 is 2.00 bits per heavy atom. The Balaban J connectivity index is 0. The van der Waals surface area contributed by atoms with Gasteiger partial charge in [-0.1, -0.05) is 30.3 Å². The second kappa shape index (κ2) is 8.83. The fourth-order valence-electron chi connectivity index (χ4n) is 0.0514. The van der Waals surface area contributed by atoms with E-state index in [0.29, 0.717) is 0 Å². The minimum atomic E-state index is 0. The first-order valence-electron chi connectivity index (χ1n) is 1.29. The molecule has 0 spiro atoms. The predicted octanol–water partition coefficient (Wildman–Crippen LogP) is 2.08. The van der Waals surface area contributed by atoms with Crippen molar-refractivity contribution in [2.75, 3.05) is 0 Å². The van der Waals surface area contributed by atoms with Gasteiger partial charge in [0, 0.05) is 5.54 Å². The zero-order valence-electron chi connectivity index (χ0n) is 3.23. The molecule has 0 unspecified atom stereocenters. The molecule has 6 heavy (non-hydrogen) atoms. The van der Waals surface area contributed by atoms with Crippen molar-refractivity contribution in [3.8, 4) is 0 Å². The van der Waals surface area contributed by atoms with Crippen molar-refractivity contribution in [3.63, 3.8) is 0 Å². The molecule has 36 valence electrons. The van der Waals surface area contributed by atoms with E-state index in [4.69, 9.17) is 11.6 Å². The molecule has 0 aromatic carbocycles. The minimum Gasteiger partial charge on any atom is -0.269 e. The van der Waals surface area contributed by atoms with Gasteiger partial charge in [-0.3, -0.25) is 4.70 Å². The van der Waals surface area contributed by atoms with Crippen molar-refractivity contribution in [3.05, 3.63) is 24.3 Å². The van der Waals surface area contributed by atoms with Crippen LogP contribution in [0.5, 0.6) is 0 Å². The quantitative estimate of drug-likeness (QED) is 0.451. The van der Waals surface area contributed by atoms with E-state index in [1.54, 1.807) is 12.2 Å². The average molecular weight is 109 g/mol. The SMILES string of the molecule is C=CC=CCl.F. The van der Waals surface area contributed by atoms with Crippen molar-refractivity contribution < 1.29 is 4.70 Å². The van der Waals surface area contributed by atoms with Crippen LogP contribution in [0, 0.1) is 0 Å². The summed E-state index contributed by atoms with van der Waals surface area (Å²) >= 11 is 5.05. The Morgan fingerprint density at radius 1 is 1.50 bits per heavy atom. The van der Waals surface area contributed by atoms with Gasteiger partial charge in [0.05, 0.1) is 0 Å². The van der Waals surface area contributed by atoms with E-state index >= 15 is 0 Å². The maximum absolute atomic E-state index is 5.05. The summed E-state index contributed by atoms with van der Waals surface area (Å²) in [6.45, 7) is 3.38. The van der Waals surface area contributed by atoms with Crippen LogP contribution in [0.1, 0.15) is 0 Å². The van der Waals surface area contributed by atoms with Crippen molar-refractivity contribution in [1.82, 2.24) is 0 Å². The third-order valence-corrected chi connectivity index (χ3v) is 0.354. The van der Waals surface area contributed by atoms with Gasteiger partial charge in [-0.05, 0) is 0 Å². The molecule has 0 aromatic rings. The third-order valence-electron chi connectivity index (χ3n) is 0.209. The molecule has 0 heterocycles. The first kappa shape index (κ1) is 9.20. The molecule has 0 amide bonds. The molecule has 0 saturated heterocycles. The lowest BCUT2D eigenvalue weighted by molar-refractivity contribution is 1.11. The second-order valence-electron chi connectivity index (χ2n) is 0.554. The molecule has 0 aliphatic carbocycles. The largest absolute Gasteiger partial charge is 0.269 e. The van der Waals surface area contributed by atoms with Gasteiger partial charge in [-0.2, -0.15) is 0 Å². The van der Waals surface area contributed by atoms with Crippen LogP contribution in [0.4, 0.5) is 4.70 Å². The maximum Gasteiger partial charge on any atom is 0.00422 e. The third kappa shape index (κ3) is 9.33. The van der Waals surface area contributed by atoms with Crippen LogP contribution in [0.25, 0.3) is 0 Å². The van der Waals surface area contributed by atoms with Crippen molar-refractivity contribution >= 4 is 11.6 Å². The van der Waals surface area contributed by atoms with Gasteiger partial charge in [-0.25, -0.2) is 0 Å². The van der Waals surface area contributed by atoms with E-state index < -0.39 is 0 Å². The smallest absolute Gasteiger partial charge is 0.00422 e. The van der Waals surface area contributed by atoms with Gasteiger partial charge < -0.3 is 0 Å². The summed E-state index contributed by atoms with van der Waals surface area (Å²) in [6, 6.07) is 0. The standard InChI is InChI=1S/C4H5Cl.FH/c1-2-3-4-5;/h2-4H,1H2;1H. The van der Waals surface area contributed by atoms with Crippen LogP contribution in [-0.4, -0.2) is 0 Å². The number of halogens is 2. The molecular formula is C4H6ClF. The summed E-state index contributed by atoms with van der Waals surface area (Å²) in [5.41, 5.74) is 1.41. The van der Waals surface area contributed by atoms with Crippen LogP contribution in [0.2, 0.25) is 0 Å². The zero-order valence-corrected chi connectivity index (χ0v) is 3.98. The highest BCUT2D eigenvalue weighted by Crippen LogP contribution is 1.74. The fraction of sp³-hybridized carbons (Fsp3) is 0. The second-order valence-corrected chi connectivity index (χ2v) is 0.806. The van der Waals surface area contributed by atoms with E-state index in [1.165, 1.54) is 5.54 Å². The van der Waals surface area contributed by atoms with Crippen molar-refractivity contribution in [1.29, 1.82) is 0 Å². The molecule has 0 rings (SSSR count). The zero-order chi connectivity index (χ0) is 4.12. The molecule has 0 aliphatic heterocycles. The van der Waals surface area contributed by atoms with E-state index in [2.05, 4.69) is 6.58 Å². The average Bonchev–Trinajstić information content (AvgIpc) is 1.41. The first-order chi connectivity index (χ1) is 2.41. The Labute approximate surface area is 41.5 Å². The molecule has 0 fully saturated rings. The topological polar surface area (TPSA) is 0 Å². The lowest BCUT2D eigenvalue weighted by Gasteiger charge is -1.53. The highest BCUT2D eigenvalue weighted by molar-refractivity contribution is 6.25. The lowest BCUT2D eigenvalue weighted by Crippen LogP contribution is -1.29. The van der Waals surface area contributed by atoms with Gasteiger partial charge in [0.1, 0.15) is 0 Å². The Hall–Kier alpha value is -0.300. The molecule has 0 atom stereocenters. The normalized spacial score (nSPS) is 7.50. The van der Waals surface area contributed by atoms with Crippen molar-refractivity contribution in [2.45, 2.75) is 0 Å². The summed E-state index contributed by atoms with van der Waals surface area (Å²) < 4.78 is 0. The summed E-state index contributed by atoms with van der Waals surface area (Å²) in [5, 5.41) is 0. The van der Waals surface area contributed by atoms with Gasteiger partial charge >= 0.3 is 0 Å². The number of allylic oxidation sites excluding steroid dienone is 2. The van der Waals surface area contributed by atoms with E-state index in [9.17, 15) is 0 Å². The molecular weight excluding hydrogens is 102 g/mol. The maximum atomic E-state index is 5.05. The predicted molar refractivity (Wildman–Crippen MR) is 27.7 cm³/mol. The molecule has 0 radical (unpaired) electrons. The molecule has 0 nitrogen and oxygen atoms in total. The van der Waals surface area contributed by atoms with E-state index in [-0.39, 0.29) is 4.70 Å². The molecule has 0 N–H and O–H groups in total. The lowest BCUT2D eigenvalue weighted by atomic mass is 10.6. The molecule has 0 saturated carbocycles. The van der Waals surface area contributed by atoms with Crippen LogP contribution in [-0.2, 0) is 0 Å². The van der Waals surface area contributed by atoms with E-state index in [1.807, 2.05) is 0 Å². The Morgan fingerprint density at radius 3 is 2.00 bits per heavy atom. The van der Waals surface area contributed by atoms with E-state index in [0.717, 1.165) is 0 Å². The number of hydrogen-bond acceptors (Lipinski definition) is 0. The number of rotatable bonds is 1. The molecule has 0 aliphatic rings. The van der Waals surface area contributed by atoms with Crippen LogP contribution < -0.4 is 0 Å². The molecule has 0 aromatic heterocycles. The van der Waals surface area contributed by atoms with Crippen molar-refractivity contribution in [2.24, 2.45) is 0 Å². The minimum absolute atomic E-state index is 0. The van der Waals surface area contributed by atoms with Gasteiger partial charge in [0.2, 0.25) is 0 Å². The highest BCUT2D eigenvalue weighted by atomic mass is 35.5. The molecule has 2 heteroatoms.